The van der Waals surface area contributed by atoms with Crippen molar-refractivity contribution in [3.8, 4) is 5.75 Å². The summed E-state index contributed by atoms with van der Waals surface area (Å²) in [5.74, 6) is 0.0411. The zero-order valence-electron chi connectivity index (χ0n) is 7.64. The van der Waals surface area contributed by atoms with E-state index in [0.717, 1.165) is 15.6 Å². The normalized spacial score (nSPS) is 12.9. The molecule has 3 heteroatoms. The van der Waals surface area contributed by atoms with Crippen molar-refractivity contribution in [3.05, 3.63) is 27.7 Å². The second kappa shape index (κ2) is 4.09. The second-order valence-electron chi connectivity index (χ2n) is 3.22. The molecule has 1 N–H and O–H groups in total. The summed E-state index contributed by atoms with van der Waals surface area (Å²) >= 11 is 3.34. The van der Waals surface area contributed by atoms with Crippen LogP contribution in [-0.4, -0.2) is 11.8 Å². The average molecular weight is 247 g/mol. The van der Waals surface area contributed by atoms with E-state index in [4.69, 9.17) is 0 Å². The number of hydrogen-bond donors (Lipinski definition) is 1. The molecule has 0 radical (unpaired) electrons. The van der Waals surface area contributed by atoms with Crippen molar-refractivity contribution in [2.24, 2.45) is 0 Å². The largest absolute Gasteiger partial charge is 0.508 e. The molecule has 1 unspecified atom stereocenters. The Morgan fingerprint density at radius 3 is 2.69 bits per heavy atom. The van der Waals surface area contributed by atoms with Crippen LogP contribution in [0.4, 0.5) is 4.39 Å². The lowest BCUT2D eigenvalue weighted by Gasteiger charge is -2.11. The van der Waals surface area contributed by atoms with Crippen LogP contribution in [0, 0.1) is 6.92 Å². The molecule has 0 saturated heterocycles. The minimum absolute atomic E-state index is 0.180. The Hall–Kier alpha value is -0.570. The number of halogens is 2. The highest BCUT2D eigenvalue weighted by molar-refractivity contribution is 9.10. The van der Waals surface area contributed by atoms with E-state index in [1.165, 1.54) is 0 Å². The van der Waals surface area contributed by atoms with E-state index in [1.54, 1.807) is 19.1 Å². The van der Waals surface area contributed by atoms with Gasteiger partial charge in [-0.25, -0.2) is 0 Å². The first-order valence-corrected chi connectivity index (χ1v) is 4.90. The van der Waals surface area contributed by atoms with E-state index in [-0.39, 0.29) is 11.7 Å². The fourth-order valence-corrected chi connectivity index (χ4v) is 1.99. The van der Waals surface area contributed by atoms with E-state index in [2.05, 4.69) is 15.9 Å². The fraction of sp³-hybridized carbons (Fsp3) is 0.400. The maximum Gasteiger partial charge on any atom is 0.118 e. The molecule has 0 fully saturated rings. The topological polar surface area (TPSA) is 20.2 Å². The number of aromatic hydroxyl groups is 1. The molecular formula is C10H12BrFO. The first-order valence-electron chi connectivity index (χ1n) is 4.11. The van der Waals surface area contributed by atoms with Crippen LogP contribution in [0.2, 0.25) is 0 Å². The van der Waals surface area contributed by atoms with Crippen molar-refractivity contribution in [2.75, 3.05) is 6.67 Å². The first-order chi connectivity index (χ1) is 6.06. The van der Waals surface area contributed by atoms with Gasteiger partial charge < -0.3 is 5.11 Å². The van der Waals surface area contributed by atoms with Crippen molar-refractivity contribution < 1.29 is 9.50 Å². The number of benzene rings is 1. The van der Waals surface area contributed by atoms with Gasteiger partial charge in [-0.05, 0) is 30.2 Å². The van der Waals surface area contributed by atoms with E-state index in [9.17, 15) is 9.50 Å². The van der Waals surface area contributed by atoms with Gasteiger partial charge in [-0.1, -0.05) is 22.9 Å². The molecule has 1 aromatic carbocycles. The van der Waals surface area contributed by atoms with Crippen LogP contribution in [0.25, 0.3) is 0 Å². The van der Waals surface area contributed by atoms with Gasteiger partial charge in [0, 0.05) is 10.4 Å². The van der Waals surface area contributed by atoms with Gasteiger partial charge in [0.25, 0.3) is 0 Å². The van der Waals surface area contributed by atoms with Crippen LogP contribution >= 0.6 is 15.9 Å². The molecule has 0 aliphatic carbocycles. The lowest BCUT2D eigenvalue weighted by atomic mass is 10.0. The van der Waals surface area contributed by atoms with Crippen LogP contribution in [0.15, 0.2) is 16.6 Å². The Bertz CT molecular complexity index is 312. The van der Waals surface area contributed by atoms with Gasteiger partial charge in [0.2, 0.25) is 0 Å². The molecule has 1 atom stereocenters. The molecular weight excluding hydrogens is 235 g/mol. The van der Waals surface area contributed by atoms with Crippen molar-refractivity contribution in [1.29, 1.82) is 0 Å². The number of phenolic OH excluding ortho intramolecular Hbond substituents is 1. The highest BCUT2D eigenvalue weighted by atomic mass is 79.9. The van der Waals surface area contributed by atoms with Gasteiger partial charge in [-0.2, -0.15) is 0 Å². The monoisotopic (exact) mass is 246 g/mol. The van der Waals surface area contributed by atoms with Crippen LogP contribution in [0.1, 0.15) is 24.0 Å². The Kier molecular flexibility index (Phi) is 3.31. The highest BCUT2D eigenvalue weighted by Gasteiger charge is 2.11. The van der Waals surface area contributed by atoms with Gasteiger partial charge >= 0.3 is 0 Å². The molecule has 0 bridgehead atoms. The number of aryl methyl sites for hydroxylation is 1. The molecule has 1 aromatic rings. The van der Waals surface area contributed by atoms with Crippen molar-refractivity contribution in [3.63, 3.8) is 0 Å². The molecule has 0 spiro atoms. The van der Waals surface area contributed by atoms with Crippen LogP contribution in [0.3, 0.4) is 0 Å². The van der Waals surface area contributed by atoms with Gasteiger partial charge in [-0.15, -0.1) is 0 Å². The summed E-state index contributed by atoms with van der Waals surface area (Å²) in [6.45, 7) is 3.18. The molecule has 1 rings (SSSR count). The Morgan fingerprint density at radius 2 is 2.15 bits per heavy atom. The smallest absolute Gasteiger partial charge is 0.118 e. The molecule has 13 heavy (non-hydrogen) atoms. The van der Waals surface area contributed by atoms with Crippen LogP contribution in [-0.2, 0) is 0 Å². The summed E-state index contributed by atoms with van der Waals surface area (Å²) < 4.78 is 13.2. The van der Waals surface area contributed by atoms with E-state index in [1.807, 2.05) is 6.92 Å². The quantitative estimate of drug-likeness (QED) is 0.847. The first kappa shape index (κ1) is 10.5. The average Bonchev–Trinajstić information content (AvgIpc) is 2.10. The lowest BCUT2D eigenvalue weighted by Crippen LogP contribution is -1.97. The number of alkyl halides is 1. The van der Waals surface area contributed by atoms with E-state index < -0.39 is 6.67 Å². The van der Waals surface area contributed by atoms with E-state index in [0.29, 0.717) is 0 Å². The predicted octanol–water partition coefficient (Wildman–Crippen LogP) is 3.54. The molecule has 72 valence electrons. The Labute approximate surface area is 85.7 Å². The fourth-order valence-electron chi connectivity index (χ4n) is 1.14. The molecule has 1 nitrogen and oxygen atoms in total. The third-order valence-corrected chi connectivity index (χ3v) is 2.76. The van der Waals surface area contributed by atoms with Crippen LogP contribution < -0.4 is 0 Å². The van der Waals surface area contributed by atoms with Gasteiger partial charge in [0.05, 0.1) is 6.67 Å². The summed E-state index contributed by atoms with van der Waals surface area (Å²) in [6, 6.07) is 3.42. The molecule has 0 aliphatic rings. The maximum absolute atomic E-state index is 12.4. The SMILES string of the molecule is Cc1cc(Br)c(C(C)CF)cc1O. The molecule has 0 saturated carbocycles. The van der Waals surface area contributed by atoms with Crippen molar-refractivity contribution >= 4 is 15.9 Å². The Balaban J connectivity index is 3.15. The second-order valence-corrected chi connectivity index (χ2v) is 4.07. The zero-order valence-corrected chi connectivity index (χ0v) is 9.23. The minimum Gasteiger partial charge on any atom is -0.508 e. The van der Waals surface area contributed by atoms with Crippen molar-refractivity contribution in [2.45, 2.75) is 19.8 Å². The number of phenols is 1. The number of hydrogen-bond acceptors (Lipinski definition) is 1. The third kappa shape index (κ3) is 2.21. The van der Waals surface area contributed by atoms with Gasteiger partial charge in [0.1, 0.15) is 5.75 Å². The summed E-state index contributed by atoms with van der Waals surface area (Å²) in [5, 5.41) is 9.43. The van der Waals surface area contributed by atoms with E-state index >= 15 is 0 Å². The van der Waals surface area contributed by atoms with Gasteiger partial charge in [0.15, 0.2) is 0 Å². The number of rotatable bonds is 2. The zero-order chi connectivity index (χ0) is 10.0. The van der Waals surface area contributed by atoms with Gasteiger partial charge in [-0.3, -0.25) is 4.39 Å². The Morgan fingerprint density at radius 1 is 1.54 bits per heavy atom. The van der Waals surface area contributed by atoms with Crippen molar-refractivity contribution in [1.82, 2.24) is 0 Å². The molecule has 0 amide bonds. The summed E-state index contributed by atoms with van der Waals surface area (Å²) in [4.78, 5) is 0. The summed E-state index contributed by atoms with van der Waals surface area (Å²) in [7, 11) is 0. The lowest BCUT2D eigenvalue weighted by molar-refractivity contribution is 0.441. The molecule has 0 heterocycles. The standard InChI is InChI=1S/C10H12BrFO/c1-6-3-9(11)8(4-10(6)13)7(2)5-12/h3-4,7,13H,5H2,1-2H3. The third-order valence-electron chi connectivity index (χ3n) is 2.08. The maximum atomic E-state index is 12.4. The molecule has 0 aromatic heterocycles. The minimum atomic E-state index is -0.416. The summed E-state index contributed by atoms with van der Waals surface area (Å²) in [5.41, 5.74) is 1.60. The summed E-state index contributed by atoms with van der Waals surface area (Å²) in [6.07, 6.45) is 0. The predicted molar refractivity (Wildman–Crippen MR) is 54.9 cm³/mol. The highest BCUT2D eigenvalue weighted by Crippen LogP contribution is 2.31. The molecule has 0 aliphatic heterocycles. The van der Waals surface area contributed by atoms with Crippen LogP contribution in [0.5, 0.6) is 5.75 Å².